The molecule has 0 fully saturated rings. The monoisotopic (exact) mass is 449 g/mol. The zero-order valence-corrected chi connectivity index (χ0v) is 18.4. The number of hydrogen-bond donors (Lipinski definition) is 3. The van der Waals surface area contributed by atoms with Gasteiger partial charge < -0.3 is 16.0 Å². The number of carbonyl (C=O) groups is 3. The quantitative estimate of drug-likeness (QED) is 0.510. The Morgan fingerprint density at radius 2 is 1.57 bits per heavy atom. The number of carbonyl (C=O) groups excluding carboxylic acids is 3. The third-order valence-electron chi connectivity index (χ3n) is 4.25. The van der Waals surface area contributed by atoms with Crippen LogP contribution in [0.4, 0.5) is 0 Å². The van der Waals surface area contributed by atoms with Gasteiger partial charge >= 0.3 is 0 Å². The zero-order chi connectivity index (χ0) is 22.1. The Bertz CT molecular complexity index is 888. The lowest BCUT2D eigenvalue weighted by Crippen LogP contribution is -2.48. The molecule has 0 aliphatic heterocycles. The van der Waals surface area contributed by atoms with E-state index in [1.807, 2.05) is 19.9 Å². The third kappa shape index (κ3) is 7.35. The summed E-state index contributed by atoms with van der Waals surface area (Å²) in [5.74, 6) is -0.806. The minimum Gasteiger partial charge on any atom is -0.353 e. The third-order valence-corrected chi connectivity index (χ3v) is 4.80. The van der Waals surface area contributed by atoms with Gasteiger partial charge in [-0.2, -0.15) is 0 Å². The van der Waals surface area contributed by atoms with Crippen LogP contribution in [0.3, 0.4) is 0 Å². The van der Waals surface area contributed by atoms with Gasteiger partial charge in [0.05, 0.1) is 10.6 Å². The fourth-order valence-corrected chi connectivity index (χ4v) is 3.28. The largest absolute Gasteiger partial charge is 0.353 e. The molecule has 3 N–H and O–H groups in total. The second kappa shape index (κ2) is 11.6. The fourth-order valence-electron chi connectivity index (χ4n) is 2.79. The SMILES string of the molecule is CC(C)C[C@@H](NC(=O)c1ccc(Cl)cc1Cl)C(=O)NCCNC(=O)c1ccccc1. The predicted molar refractivity (Wildman–Crippen MR) is 119 cm³/mol. The fraction of sp³-hybridized carbons (Fsp3) is 0.318. The van der Waals surface area contributed by atoms with Crippen LogP contribution in [0.25, 0.3) is 0 Å². The second-order valence-corrected chi connectivity index (χ2v) is 8.04. The van der Waals surface area contributed by atoms with Gasteiger partial charge in [0.2, 0.25) is 5.91 Å². The first-order valence-electron chi connectivity index (χ1n) is 9.64. The van der Waals surface area contributed by atoms with Gasteiger partial charge in [-0.15, -0.1) is 0 Å². The molecule has 2 rings (SSSR count). The van der Waals surface area contributed by atoms with Crippen LogP contribution in [0, 0.1) is 5.92 Å². The van der Waals surface area contributed by atoms with Crippen molar-refractivity contribution in [3.05, 3.63) is 69.7 Å². The number of nitrogens with one attached hydrogen (secondary N) is 3. The van der Waals surface area contributed by atoms with Crippen molar-refractivity contribution in [1.29, 1.82) is 0 Å². The van der Waals surface area contributed by atoms with E-state index in [1.165, 1.54) is 12.1 Å². The van der Waals surface area contributed by atoms with Crippen molar-refractivity contribution in [3.63, 3.8) is 0 Å². The van der Waals surface area contributed by atoms with Crippen molar-refractivity contribution in [2.75, 3.05) is 13.1 Å². The van der Waals surface area contributed by atoms with E-state index in [2.05, 4.69) is 16.0 Å². The van der Waals surface area contributed by atoms with E-state index in [1.54, 1.807) is 30.3 Å². The predicted octanol–water partition coefficient (Wildman–Crippen LogP) is 3.68. The smallest absolute Gasteiger partial charge is 0.253 e. The Hall–Kier alpha value is -2.57. The number of benzene rings is 2. The van der Waals surface area contributed by atoms with Crippen LogP contribution in [-0.2, 0) is 4.79 Å². The molecule has 0 radical (unpaired) electrons. The van der Waals surface area contributed by atoms with E-state index < -0.39 is 11.9 Å². The molecule has 30 heavy (non-hydrogen) atoms. The summed E-state index contributed by atoms with van der Waals surface area (Å²) >= 11 is 12.0. The van der Waals surface area contributed by atoms with E-state index in [0.29, 0.717) is 17.0 Å². The van der Waals surface area contributed by atoms with Crippen LogP contribution in [0.1, 0.15) is 41.0 Å². The lowest BCUT2D eigenvalue weighted by atomic mass is 10.0. The molecule has 3 amide bonds. The van der Waals surface area contributed by atoms with Crippen LogP contribution >= 0.6 is 23.2 Å². The standard InChI is InChI=1S/C22H25Cl2N3O3/c1-14(2)12-19(27-21(29)17-9-8-16(23)13-18(17)24)22(30)26-11-10-25-20(28)15-6-4-3-5-7-15/h3-9,13-14,19H,10-12H2,1-2H3,(H,25,28)(H,26,30)(H,27,29)/t19-/m1/s1. The van der Waals surface area contributed by atoms with Gasteiger partial charge in [0.1, 0.15) is 6.04 Å². The molecule has 0 unspecified atom stereocenters. The minimum absolute atomic E-state index is 0.180. The van der Waals surface area contributed by atoms with E-state index >= 15 is 0 Å². The van der Waals surface area contributed by atoms with Crippen LogP contribution < -0.4 is 16.0 Å². The molecule has 0 spiro atoms. The van der Waals surface area contributed by atoms with Gasteiger partial charge in [-0.1, -0.05) is 55.2 Å². The summed E-state index contributed by atoms with van der Waals surface area (Å²) < 4.78 is 0. The highest BCUT2D eigenvalue weighted by Gasteiger charge is 2.23. The summed E-state index contributed by atoms with van der Waals surface area (Å²) in [6.07, 6.45) is 0.457. The van der Waals surface area contributed by atoms with E-state index in [0.717, 1.165) is 0 Å². The summed E-state index contributed by atoms with van der Waals surface area (Å²) in [4.78, 5) is 37.2. The highest BCUT2D eigenvalue weighted by molar-refractivity contribution is 6.36. The molecule has 0 aromatic heterocycles. The lowest BCUT2D eigenvalue weighted by molar-refractivity contribution is -0.123. The minimum atomic E-state index is -0.728. The Labute approximate surface area is 186 Å². The van der Waals surface area contributed by atoms with Crippen molar-refractivity contribution in [1.82, 2.24) is 16.0 Å². The first-order valence-corrected chi connectivity index (χ1v) is 10.4. The van der Waals surface area contributed by atoms with E-state index in [9.17, 15) is 14.4 Å². The summed E-state index contributed by atoms with van der Waals surface area (Å²) in [6.45, 7) is 4.43. The van der Waals surface area contributed by atoms with Gasteiger partial charge in [0.15, 0.2) is 0 Å². The van der Waals surface area contributed by atoms with Crippen LogP contribution in [0.15, 0.2) is 48.5 Å². The Kier molecular flexibility index (Phi) is 9.15. The first kappa shape index (κ1) is 23.7. The van der Waals surface area contributed by atoms with Gasteiger partial charge in [-0.05, 0) is 42.7 Å². The molecule has 0 heterocycles. The maximum atomic E-state index is 12.6. The molecular formula is C22H25Cl2N3O3. The number of halogens is 2. The molecule has 1 atom stereocenters. The molecule has 0 saturated heterocycles. The molecule has 0 aliphatic carbocycles. The Morgan fingerprint density at radius 1 is 0.900 bits per heavy atom. The Balaban J connectivity index is 1.89. The number of amides is 3. The van der Waals surface area contributed by atoms with Gasteiger partial charge in [0.25, 0.3) is 11.8 Å². The normalized spacial score (nSPS) is 11.6. The molecule has 0 saturated carbocycles. The first-order chi connectivity index (χ1) is 14.3. The average Bonchev–Trinajstić information content (AvgIpc) is 2.70. The van der Waals surface area contributed by atoms with Gasteiger partial charge in [-0.25, -0.2) is 0 Å². The molecule has 160 valence electrons. The molecule has 0 aliphatic rings. The second-order valence-electron chi connectivity index (χ2n) is 7.19. The number of hydrogen-bond acceptors (Lipinski definition) is 3. The molecule has 2 aromatic rings. The summed E-state index contributed by atoms with van der Waals surface area (Å²) in [6, 6.07) is 12.6. The maximum absolute atomic E-state index is 12.6. The lowest BCUT2D eigenvalue weighted by Gasteiger charge is -2.20. The van der Waals surface area contributed by atoms with E-state index in [4.69, 9.17) is 23.2 Å². The molecule has 8 heteroatoms. The summed E-state index contributed by atoms with van der Waals surface area (Å²) in [5.41, 5.74) is 0.798. The Morgan fingerprint density at radius 3 is 2.20 bits per heavy atom. The van der Waals surface area contributed by atoms with Crippen molar-refractivity contribution >= 4 is 40.9 Å². The van der Waals surface area contributed by atoms with Crippen molar-refractivity contribution < 1.29 is 14.4 Å². The average molecular weight is 450 g/mol. The van der Waals surface area contributed by atoms with Crippen molar-refractivity contribution in [2.45, 2.75) is 26.3 Å². The molecule has 0 bridgehead atoms. The highest BCUT2D eigenvalue weighted by Crippen LogP contribution is 2.21. The summed E-state index contributed by atoms with van der Waals surface area (Å²) in [7, 11) is 0. The zero-order valence-electron chi connectivity index (χ0n) is 16.9. The molecule has 6 nitrogen and oxygen atoms in total. The highest BCUT2D eigenvalue weighted by atomic mass is 35.5. The molecule has 2 aromatic carbocycles. The topological polar surface area (TPSA) is 87.3 Å². The van der Waals surface area contributed by atoms with Gasteiger partial charge in [0, 0.05) is 23.7 Å². The van der Waals surface area contributed by atoms with Crippen LogP contribution in [0.5, 0.6) is 0 Å². The van der Waals surface area contributed by atoms with Crippen molar-refractivity contribution in [2.24, 2.45) is 5.92 Å². The van der Waals surface area contributed by atoms with Gasteiger partial charge in [-0.3, -0.25) is 14.4 Å². The van der Waals surface area contributed by atoms with Crippen LogP contribution in [-0.4, -0.2) is 36.9 Å². The van der Waals surface area contributed by atoms with Crippen LogP contribution in [0.2, 0.25) is 10.0 Å². The molecular weight excluding hydrogens is 425 g/mol. The maximum Gasteiger partial charge on any atom is 0.253 e. The van der Waals surface area contributed by atoms with E-state index in [-0.39, 0.29) is 41.4 Å². The number of rotatable bonds is 9. The summed E-state index contributed by atoms with van der Waals surface area (Å²) in [5, 5.41) is 8.87. The van der Waals surface area contributed by atoms with Crippen molar-refractivity contribution in [3.8, 4) is 0 Å².